The number of hydrogen-bond donors (Lipinski definition) is 1. The first kappa shape index (κ1) is 19.2. The maximum absolute atomic E-state index is 12.0. The zero-order valence-corrected chi connectivity index (χ0v) is 16.0. The standard InChI is InChI=1S/C20H23BrN2O2/c1-2-3-5-10-19(16-8-6-4-7-9-16)22-23-20(24)15-25-18-13-11-17(21)12-14-18/h4,6-9,11-14H,2-3,5,10,15H2,1H3,(H,23,24)/b22-19+. The van der Waals surface area contributed by atoms with Crippen LogP contribution in [-0.4, -0.2) is 18.2 Å². The lowest BCUT2D eigenvalue weighted by Crippen LogP contribution is -2.26. The Morgan fingerprint density at radius 2 is 1.80 bits per heavy atom. The fourth-order valence-electron chi connectivity index (χ4n) is 2.28. The van der Waals surface area contributed by atoms with Gasteiger partial charge in [-0.15, -0.1) is 0 Å². The molecular weight excluding hydrogens is 380 g/mol. The Bertz CT molecular complexity index is 685. The van der Waals surface area contributed by atoms with E-state index in [-0.39, 0.29) is 12.5 Å². The van der Waals surface area contributed by atoms with E-state index in [9.17, 15) is 4.79 Å². The van der Waals surface area contributed by atoms with Gasteiger partial charge in [-0.25, -0.2) is 5.43 Å². The molecule has 0 bridgehead atoms. The summed E-state index contributed by atoms with van der Waals surface area (Å²) in [6.45, 7) is 2.10. The number of nitrogens with zero attached hydrogens (tertiary/aromatic N) is 1. The van der Waals surface area contributed by atoms with Crippen LogP contribution < -0.4 is 10.2 Å². The molecule has 5 heteroatoms. The van der Waals surface area contributed by atoms with Gasteiger partial charge in [0.05, 0.1) is 5.71 Å². The molecule has 1 N–H and O–H groups in total. The second kappa shape index (κ2) is 10.7. The third-order valence-electron chi connectivity index (χ3n) is 3.62. The van der Waals surface area contributed by atoms with Crippen LogP contribution in [0.1, 0.15) is 38.2 Å². The van der Waals surface area contributed by atoms with E-state index >= 15 is 0 Å². The van der Waals surface area contributed by atoms with Gasteiger partial charge in [0, 0.05) is 4.47 Å². The molecule has 132 valence electrons. The van der Waals surface area contributed by atoms with Crippen molar-refractivity contribution in [3.63, 3.8) is 0 Å². The van der Waals surface area contributed by atoms with Gasteiger partial charge in [-0.1, -0.05) is 66.0 Å². The van der Waals surface area contributed by atoms with Crippen molar-refractivity contribution in [3.8, 4) is 5.75 Å². The summed E-state index contributed by atoms with van der Waals surface area (Å²) in [5, 5.41) is 4.32. The quantitative estimate of drug-likeness (QED) is 0.367. The number of benzene rings is 2. The molecule has 0 aliphatic heterocycles. The third-order valence-corrected chi connectivity index (χ3v) is 4.15. The van der Waals surface area contributed by atoms with E-state index in [1.165, 1.54) is 0 Å². The maximum Gasteiger partial charge on any atom is 0.277 e. The Kier molecular flexibility index (Phi) is 8.19. The first-order valence-corrected chi connectivity index (χ1v) is 9.27. The van der Waals surface area contributed by atoms with E-state index in [0.717, 1.165) is 41.4 Å². The second-order valence-corrected chi connectivity index (χ2v) is 6.57. The molecule has 0 radical (unpaired) electrons. The van der Waals surface area contributed by atoms with Crippen molar-refractivity contribution in [2.24, 2.45) is 5.10 Å². The van der Waals surface area contributed by atoms with Crippen molar-refractivity contribution in [1.82, 2.24) is 5.43 Å². The van der Waals surface area contributed by atoms with Gasteiger partial charge in [0.25, 0.3) is 5.91 Å². The molecule has 2 aromatic carbocycles. The molecule has 1 amide bonds. The Balaban J connectivity index is 1.91. The molecule has 4 nitrogen and oxygen atoms in total. The number of hydrogen-bond acceptors (Lipinski definition) is 3. The van der Waals surface area contributed by atoms with E-state index in [1.807, 2.05) is 42.5 Å². The number of carbonyl (C=O) groups is 1. The lowest BCUT2D eigenvalue weighted by molar-refractivity contribution is -0.123. The Labute approximate surface area is 157 Å². The second-order valence-electron chi connectivity index (χ2n) is 5.66. The van der Waals surface area contributed by atoms with Gasteiger partial charge in [0.2, 0.25) is 0 Å². The largest absolute Gasteiger partial charge is 0.484 e. The lowest BCUT2D eigenvalue weighted by Gasteiger charge is -2.08. The molecule has 0 aliphatic rings. The summed E-state index contributed by atoms with van der Waals surface area (Å²) < 4.78 is 6.42. The molecule has 0 saturated heterocycles. The molecule has 25 heavy (non-hydrogen) atoms. The van der Waals surface area contributed by atoms with Crippen molar-refractivity contribution < 1.29 is 9.53 Å². The number of hydrazone groups is 1. The summed E-state index contributed by atoms with van der Waals surface area (Å²) >= 11 is 3.36. The molecule has 2 aromatic rings. The van der Waals surface area contributed by atoms with Crippen LogP contribution in [0.5, 0.6) is 5.75 Å². The number of unbranched alkanes of at least 4 members (excludes halogenated alkanes) is 2. The van der Waals surface area contributed by atoms with Crippen LogP contribution in [0.3, 0.4) is 0 Å². The molecule has 2 rings (SSSR count). The Morgan fingerprint density at radius 1 is 1.08 bits per heavy atom. The fraction of sp³-hybridized carbons (Fsp3) is 0.300. The highest BCUT2D eigenvalue weighted by molar-refractivity contribution is 9.10. The monoisotopic (exact) mass is 402 g/mol. The van der Waals surface area contributed by atoms with Crippen molar-refractivity contribution in [2.45, 2.75) is 32.6 Å². The maximum atomic E-state index is 12.0. The highest BCUT2D eigenvalue weighted by atomic mass is 79.9. The topological polar surface area (TPSA) is 50.7 Å². The highest BCUT2D eigenvalue weighted by Crippen LogP contribution is 2.15. The van der Waals surface area contributed by atoms with E-state index in [2.05, 4.69) is 33.4 Å². The van der Waals surface area contributed by atoms with Gasteiger partial charge < -0.3 is 4.74 Å². The number of amides is 1. The molecule has 0 fully saturated rings. The van der Waals surface area contributed by atoms with Gasteiger partial charge >= 0.3 is 0 Å². The molecule has 0 unspecified atom stereocenters. The van der Waals surface area contributed by atoms with E-state index in [4.69, 9.17) is 4.74 Å². The smallest absolute Gasteiger partial charge is 0.277 e. The van der Waals surface area contributed by atoms with Gasteiger partial charge in [0.15, 0.2) is 6.61 Å². The van der Waals surface area contributed by atoms with Crippen LogP contribution in [-0.2, 0) is 4.79 Å². The zero-order valence-electron chi connectivity index (χ0n) is 14.4. The van der Waals surface area contributed by atoms with Gasteiger partial charge in [0.1, 0.15) is 5.75 Å². The predicted octanol–water partition coefficient (Wildman–Crippen LogP) is 4.93. The Morgan fingerprint density at radius 3 is 2.48 bits per heavy atom. The number of ether oxygens (including phenoxy) is 1. The summed E-state index contributed by atoms with van der Waals surface area (Å²) in [6.07, 6.45) is 4.18. The van der Waals surface area contributed by atoms with E-state index in [1.54, 1.807) is 12.1 Å². The predicted molar refractivity (Wildman–Crippen MR) is 105 cm³/mol. The van der Waals surface area contributed by atoms with Crippen LogP contribution in [0.15, 0.2) is 64.2 Å². The fourth-order valence-corrected chi connectivity index (χ4v) is 2.54. The van der Waals surface area contributed by atoms with Crippen LogP contribution in [0.4, 0.5) is 0 Å². The van der Waals surface area contributed by atoms with Crippen molar-refractivity contribution in [1.29, 1.82) is 0 Å². The highest BCUT2D eigenvalue weighted by Gasteiger charge is 2.06. The first-order chi connectivity index (χ1) is 12.2. The van der Waals surface area contributed by atoms with Crippen LogP contribution in [0.2, 0.25) is 0 Å². The van der Waals surface area contributed by atoms with E-state index in [0.29, 0.717) is 5.75 Å². The van der Waals surface area contributed by atoms with E-state index < -0.39 is 0 Å². The molecule has 0 aliphatic carbocycles. The number of halogens is 1. The van der Waals surface area contributed by atoms with Crippen LogP contribution >= 0.6 is 15.9 Å². The van der Waals surface area contributed by atoms with Gasteiger partial charge in [-0.05, 0) is 42.7 Å². The summed E-state index contributed by atoms with van der Waals surface area (Å²) in [5.41, 5.74) is 4.53. The molecular formula is C20H23BrN2O2. The molecule has 0 atom stereocenters. The van der Waals surface area contributed by atoms with Gasteiger partial charge in [-0.2, -0.15) is 5.10 Å². The number of carbonyl (C=O) groups excluding carboxylic acids is 1. The van der Waals surface area contributed by atoms with Crippen LogP contribution in [0, 0.1) is 0 Å². The average molecular weight is 403 g/mol. The molecule has 0 spiro atoms. The minimum atomic E-state index is -0.271. The summed E-state index contributed by atoms with van der Waals surface area (Å²) in [4.78, 5) is 12.0. The minimum absolute atomic E-state index is 0.0673. The summed E-state index contributed by atoms with van der Waals surface area (Å²) in [5.74, 6) is 0.375. The molecule has 0 aromatic heterocycles. The normalized spacial score (nSPS) is 11.2. The Hall–Kier alpha value is -2.14. The van der Waals surface area contributed by atoms with Crippen LogP contribution in [0.25, 0.3) is 0 Å². The van der Waals surface area contributed by atoms with Gasteiger partial charge in [-0.3, -0.25) is 4.79 Å². The lowest BCUT2D eigenvalue weighted by atomic mass is 10.0. The zero-order chi connectivity index (χ0) is 17.9. The number of nitrogens with one attached hydrogen (secondary N) is 1. The number of rotatable bonds is 9. The summed E-state index contributed by atoms with van der Waals surface area (Å²) in [6, 6.07) is 17.3. The molecule has 0 heterocycles. The van der Waals surface area contributed by atoms with Crippen molar-refractivity contribution in [2.75, 3.05) is 6.61 Å². The molecule has 0 saturated carbocycles. The third kappa shape index (κ3) is 7.10. The minimum Gasteiger partial charge on any atom is -0.484 e. The van der Waals surface area contributed by atoms with Crippen molar-refractivity contribution >= 4 is 27.5 Å². The first-order valence-electron chi connectivity index (χ1n) is 8.48. The SMILES string of the molecule is CCCCC/C(=N\NC(=O)COc1ccc(Br)cc1)c1ccccc1. The summed E-state index contributed by atoms with van der Waals surface area (Å²) in [7, 11) is 0. The average Bonchev–Trinajstić information content (AvgIpc) is 2.65. The van der Waals surface area contributed by atoms with Crippen molar-refractivity contribution in [3.05, 3.63) is 64.6 Å².